The minimum absolute atomic E-state index is 0.0349. The molecule has 10 nitrogen and oxygen atoms in total. The van der Waals surface area contributed by atoms with Crippen molar-refractivity contribution < 1.29 is 41.0 Å². The average molecular weight is 613 g/mol. The number of carboxylic acids is 1. The van der Waals surface area contributed by atoms with E-state index < -0.39 is 40.1 Å². The number of sulfonamides is 1. The number of rotatable bonds is 9. The van der Waals surface area contributed by atoms with Crippen LogP contribution in [0.4, 0.5) is 18.3 Å². The molecule has 1 atom stereocenters. The summed E-state index contributed by atoms with van der Waals surface area (Å²) in [6.07, 6.45) is -4.09. The van der Waals surface area contributed by atoms with Gasteiger partial charge in [-0.3, -0.25) is 4.79 Å². The van der Waals surface area contributed by atoms with Crippen LogP contribution in [0.15, 0.2) is 53.4 Å². The van der Waals surface area contributed by atoms with Gasteiger partial charge in [0.05, 0.1) is 10.6 Å². The van der Waals surface area contributed by atoms with Gasteiger partial charge in [0.15, 0.2) is 5.13 Å². The minimum Gasteiger partial charge on any atom is -0.477 e. The molecule has 3 aromatic rings. The first-order valence-corrected chi connectivity index (χ1v) is 14.7. The average Bonchev–Trinajstić information content (AvgIpc) is 3.33. The van der Waals surface area contributed by atoms with E-state index in [0.717, 1.165) is 57.5 Å². The molecule has 4 rings (SSSR count). The Morgan fingerprint density at radius 3 is 2.29 bits per heavy atom. The van der Waals surface area contributed by atoms with Crippen LogP contribution in [0.3, 0.4) is 0 Å². The van der Waals surface area contributed by atoms with Crippen LogP contribution >= 0.6 is 11.3 Å². The van der Waals surface area contributed by atoms with Gasteiger partial charge in [-0.1, -0.05) is 42.5 Å². The molecule has 1 saturated heterocycles. The first-order valence-electron chi connectivity index (χ1n) is 12.5. The van der Waals surface area contributed by atoms with E-state index in [4.69, 9.17) is 0 Å². The highest BCUT2D eigenvalue weighted by atomic mass is 32.2. The smallest absolute Gasteiger partial charge is 0.477 e. The number of hydrogen-bond donors (Lipinski definition) is 2. The van der Waals surface area contributed by atoms with Gasteiger partial charge in [0.25, 0.3) is 0 Å². The molecule has 41 heavy (non-hydrogen) atoms. The van der Waals surface area contributed by atoms with E-state index in [1.807, 2.05) is 31.2 Å². The molecule has 1 aliphatic heterocycles. The number of halogens is 3. The zero-order valence-corrected chi connectivity index (χ0v) is 23.6. The molecule has 1 aromatic heterocycles. The Morgan fingerprint density at radius 1 is 1.10 bits per heavy atom. The summed E-state index contributed by atoms with van der Waals surface area (Å²) in [6.45, 7) is 3.51. The van der Waals surface area contributed by atoms with Crippen LogP contribution in [-0.2, 0) is 27.8 Å². The summed E-state index contributed by atoms with van der Waals surface area (Å²) in [6, 6.07) is 10.1. The lowest BCUT2D eigenvalue weighted by Gasteiger charge is -2.39. The minimum atomic E-state index is -4.94. The first-order chi connectivity index (χ1) is 19.3. The lowest BCUT2D eigenvalue weighted by molar-refractivity contribution is -0.274. The van der Waals surface area contributed by atoms with E-state index >= 15 is 0 Å². The fraction of sp³-hybridized carbons (Fsp3) is 0.346. The van der Waals surface area contributed by atoms with Crippen molar-refractivity contribution in [3.8, 4) is 5.75 Å². The number of carboxylic acid groups (broad SMARTS) is 1. The van der Waals surface area contributed by atoms with Gasteiger partial charge in [0.2, 0.25) is 15.9 Å². The van der Waals surface area contributed by atoms with Crippen molar-refractivity contribution in [2.75, 3.05) is 24.5 Å². The zero-order chi connectivity index (χ0) is 29.9. The molecule has 2 N–H and O–H groups in total. The number of benzene rings is 2. The third-order valence-electron chi connectivity index (χ3n) is 6.45. The summed E-state index contributed by atoms with van der Waals surface area (Å²) in [5.74, 6) is -2.33. The molecule has 2 aromatic carbocycles. The molecule has 1 unspecified atom stereocenters. The molecule has 1 fully saturated rings. The summed E-state index contributed by atoms with van der Waals surface area (Å²) in [7, 11) is -4.33. The van der Waals surface area contributed by atoms with E-state index in [-0.39, 0.29) is 36.0 Å². The van der Waals surface area contributed by atoms with Gasteiger partial charge in [-0.2, -0.15) is 4.31 Å². The molecule has 0 radical (unpaired) electrons. The summed E-state index contributed by atoms with van der Waals surface area (Å²) < 4.78 is 69.7. The molecule has 15 heteroatoms. The standard InChI is InChI=1S/C26H27F3N4O6S2/c1-3-17-4-6-18(7-5-17)14-30-23(34)21-15-32(25-31-16(2)22(40-25)24(35)36)12-13-33(21)41(37,38)20-10-8-19(9-11-20)39-26(27,28)29/h4-11,21H,3,12-15H2,1-2H3,(H,30,34)(H,35,36). The van der Waals surface area contributed by atoms with Crippen LogP contribution < -0.4 is 15.0 Å². The number of alkyl halides is 3. The van der Waals surface area contributed by atoms with E-state index in [1.165, 1.54) is 0 Å². The summed E-state index contributed by atoms with van der Waals surface area (Å²) in [4.78, 5) is 30.6. The Morgan fingerprint density at radius 2 is 1.73 bits per heavy atom. The molecule has 1 aliphatic rings. The zero-order valence-electron chi connectivity index (χ0n) is 22.0. The van der Waals surface area contributed by atoms with Gasteiger partial charge in [0.1, 0.15) is 16.7 Å². The van der Waals surface area contributed by atoms with Crippen molar-refractivity contribution in [3.63, 3.8) is 0 Å². The van der Waals surface area contributed by atoms with Gasteiger partial charge in [0, 0.05) is 26.2 Å². The van der Waals surface area contributed by atoms with Crippen molar-refractivity contribution in [1.82, 2.24) is 14.6 Å². The van der Waals surface area contributed by atoms with Gasteiger partial charge in [-0.15, -0.1) is 13.2 Å². The molecular formula is C26H27F3N4O6S2. The number of aryl methyl sites for hydroxylation is 2. The van der Waals surface area contributed by atoms with E-state index in [0.29, 0.717) is 10.8 Å². The second-order valence-corrected chi connectivity index (χ2v) is 12.1. The molecule has 0 bridgehead atoms. The number of anilines is 1. The highest BCUT2D eigenvalue weighted by molar-refractivity contribution is 7.89. The third-order valence-corrected chi connectivity index (χ3v) is 9.57. The van der Waals surface area contributed by atoms with Crippen LogP contribution in [0.2, 0.25) is 0 Å². The summed E-state index contributed by atoms with van der Waals surface area (Å²) in [5, 5.41) is 12.5. The Kier molecular flexibility index (Phi) is 8.89. The van der Waals surface area contributed by atoms with Crippen molar-refractivity contribution in [3.05, 3.63) is 70.2 Å². The second kappa shape index (κ2) is 12.0. The summed E-state index contributed by atoms with van der Waals surface area (Å²) in [5.41, 5.74) is 2.22. The van der Waals surface area contributed by atoms with E-state index in [2.05, 4.69) is 15.0 Å². The lowest BCUT2D eigenvalue weighted by Crippen LogP contribution is -2.60. The van der Waals surface area contributed by atoms with Gasteiger partial charge in [-0.25, -0.2) is 18.2 Å². The monoisotopic (exact) mass is 612 g/mol. The number of amides is 1. The maximum atomic E-state index is 13.6. The fourth-order valence-electron chi connectivity index (χ4n) is 4.31. The lowest BCUT2D eigenvalue weighted by atomic mass is 10.1. The van der Waals surface area contributed by atoms with Crippen LogP contribution in [0, 0.1) is 6.92 Å². The predicted octanol–water partition coefficient (Wildman–Crippen LogP) is 3.81. The quantitative estimate of drug-likeness (QED) is 0.374. The van der Waals surface area contributed by atoms with Crippen molar-refractivity contribution >= 4 is 38.4 Å². The van der Waals surface area contributed by atoms with Gasteiger partial charge >= 0.3 is 12.3 Å². The Labute approximate surface area is 238 Å². The van der Waals surface area contributed by atoms with Crippen LogP contribution in [-0.4, -0.2) is 66.7 Å². The molecule has 0 saturated carbocycles. The number of aromatic nitrogens is 1. The Hall–Kier alpha value is -3.69. The Bertz CT molecular complexity index is 1510. The van der Waals surface area contributed by atoms with E-state index in [1.54, 1.807) is 11.8 Å². The molecule has 0 spiro atoms. The van der Waals surface area contributed by atoms with Gasteiger partial charge in [-0.05, 0) is 48.7 Å². The predicted molar refractivity (Wildman–Crippen MR) is 144 cm³/mol. The topological polar surface area (TPSA) is 129 Å². The number of piperazine rings is 1. The number of aromatic carboxylic acids is 1. The van der Waals surface area contributed by atoms with Gasteiger partial charge < -0.3 is 20.1 Å². The number of hydrogen-bond acceptors (Lipinski definition) is 8. The van der Waals surface area contributed by atoms with E-state index in [9.17, 15) is 36.3 Å². The number of carbonyl (C=O) groups excluding carboxylic acids is 1. The Balaban J connectivity index is 1.60. The molecular weight excluding hydrogens is 585 g/mol. The number of ether oxygens (including phenoxy) is 1. The molecule has 220 valence electrons. The maximum Gasteiger partial charge on any atom is 0.573 e. The van der Waals surface area contributed by atoms with Crippen molar-refractivity contribution in [1.29, 1.82) is 0 Å². The normalized spacial score (nSPS) is 16.4. The van der Waals surface area contributed by atoms with Crippen LogP contribution in [0.25, 0.3) is 0 Å². The van der Waals surface area contributed by atoms with Crippen molar-refractivity contribution in [2.45, 2.75) is 44.1 Å². The number of nitrogens with zero attached hydrogens (tertiary/aromatic N) is 3. The number of thiazole rings is 1. The van der Waals surface area contributed by atoms with Crippen molar-refractivity contribution in [2.24, 2.45) is 0 Å². The van der Waals surface area contributed by atoms with Crippen LogP contribution in [0.5, 0.6) is 5.75 Å². The highest BCUT2D eigenvalue weighted by Gasteiger charge is 2.41. The summed E-state index contributed by atoms with van der Waals surface area (Å²) >= 11 is 0.922. The molecule has 2 heterocycles. The SMILES string of the molecule is CCc1ccc(CNC(=O)C2CN(c3nc(C)c(C(=O)O)s3)CCN2S(=O)(=O)c2ccc(OC(F)(F)F)cc2)cc1. The number of carbonyl (C=O) groups is 2. The molecule has 0 aliphatic carbocycles. The first kappa shape index (κ1) is 30.3. The number of nitrogens with one attached hydrogen (secondary N) is 1. The largest absolute Gasteiger partial charge is 0.573 e. The second-order valence-electron chi connectivity index (χ2n) is 9.20. The fourth-order valence-corrected chi connectivity index (χ4v) is 6.82. The molecule has 1 amide bonds. The third kappa shape index (κ3) is 7.15. The van der Waals surface area contributed by atoms with Crippen LogP contribution in [0.1, 0.15) is 33.4 Å². The highest BCUT2D eigenvalue weighted by Crippen LogP contribution is 2.31. The maximum absolute atomic E-state index is 13.6.